The minimum atomic E-state index is -0.573. The number of para-hydroxylation sites is 1. The maximum atomic E-state index is 13.7. The molecule has 0 radical (unpaired) electrons. The molecule has 0 saturated carbocycles. The van der Waals surface area contributed by atoms with Gasteiger partial charge >= 0.3 is 0 Å². The van der Waals surface area contributed by atoms with E-state index in [1.54, 1.807) is 24.0 Å². The molecule has 168 valence electrons. The summed E-state index contributed by atoms with van der Waals surface area (Å²) < 4.78 is 20.9. The third kappa shape index (κ3) is 4.19. The number of halogens is 1. The zero-order chi connectivity index (χ0) is 22.8. The van der Waals surface area contributed by atoms with Crippen molar-refractivity contribution in [1.82, 2.24) is 29.9 Å². The van der Waals surface area contributed by atoms with Crippen LogP contribution in [0.2, 0.25) is 0 Å². The largest absolute Gasteiger partial charge is 0.481 e. The number of amides is 1. The van der Waals surface area contributed by atoms with Crippen LogP contribution in [0.4, 0.5) is 10.2 Å². The van der Waals surface area contributed by atoms with Crippen LogP contribution in [0.1, 0.15) is 6.92 Å². The van der Waals surface area contributed by atoms with Crippen molar-refractivity contribution < 1.29 is 13.9 Å². The predicted octanol–water partition coefficient (Wildman–Crippen LogP) is 2.47. The molecule has 10 heteroatoms. The number of hydrogen-bond donors (Lipinski definition) is 0. The maximum absolute atomic E-state index is 13.7. The molecule has 0 bridgehead atoms. The van der Waals surface area contributed by atoms with Crippen molar-refractivity contribution in [2.24, 2.45) is 0 Å². The third-order valence-corrected chi connectivity index (χ3v) is 5.57. The molecule has 33 heavy (non-hydrogen) atoms. The Hall–Kier alpha value is -4.08. The van der Waals surface area contributed by atoms with Crippen LogP contribution in [0.5, 0.6) is 5.75 Å². The van der Waals surface area contributed by atoms with Gasteiger partial charge in [-0.2, -0.15) is 4.68 Å². The van der Waals surface area contributed by atoms with E-state index in [1.165, 1.54) is 23.1 Å². The van der Waals surface area contributed by atoms with E-state index in [0.717, 1.165) is 0 Å². The first-order valence-corrected chi connectivity index (χ1v) is 10.7. The van der Waals surface area contributed by atoms with Crippen LogP contribution in [0.25, 0.3) is 16.9 Å². The second kappa shape index (κ2) is 8.81. The van der Waals surface area contributed by atoms with Crippen LogP contribution in [0.15, 0.2) is 60.9 Å². The van der Waals surface area contributed by atoms with Crippen molar-refractivity contribution in [1.29, 1.82) is 0 Å². The smallest absolute Gasteiger partial charge is 0.263 e. The van der Waals surface area contributed by atoms with E-state index in [-0.39, 0.29) is 11.7 Å². The average Bonchev–Trinajstić information content (AvgIpc) is 3.29. The summed E-state index contributed by atoms with van der Waals surface area (Å²) in [6.45, 7) is 4.00. The predicted molar refractivity (Wildman–Crippen MR) is 120 cm³/mol. The monoisotopic (exact) mass is 447 g/mol. The maximum Gasteiger partial charge on any atom is 0.263 e. The first kappa shape index (κ1) is 20.8. The zero-order valence-electron chi connectivity index (χ0n) is 18.0. The van der Waals surface area contributed by atoms with Gasteiger partial charge in [0.1, 0.15) is 17.9 Å². The standard InChI is InChI=1S/C23H22FN7O2/c1-16(33-19-8-3-2-4-9-19)23(32)30-12-10-29(11-13-30)21-20-22(26-15-25-21)31(28-27-20)18-7-5-6-17(24)14-18/h2-9,14-16H,10-13H2,1H3/t16-/m1/s1. The summed E-state index contributed by atoms with van der Waals surface area (Å²) >= 11 is 0. The minimum Gasteiger partial charge on any atom is -0.481 e. The lowest BCUT2D eigenvalue weighted by Gasteiger charge is -2.36. The molecule has 0 N–H and O–H groups in total. The topological polar surface area (TPSA) is 89.3 Å². The van der Waals surface area contributed by atoms with Crippen LogP contribution < -0.4 is 9.64 Å². The lowest BCUT2D eigenvalue weighted by atomic mass is 10.2. The van der Waals surface area contributed by atoms with Crippen molar-refractivity contribution in [3.05, 3.63) is 66.7 Å². The summed E-state index contributed by atoms with van der Waals surface area (Å²) in [5, 5.41) is 8.41. The van der Waals surface area contributed by atoms with E-state index in [4.69, 9.17) is 4.74 Å². The number of carbonyl (C=O) groups excluding carboxylic acids is 1. The normalized spacial score (nSPS) is 15.0. The molecular formula is C23H22FN7O2. The van der Waals surface area contributed by atoms with Gasteiger partial charge in [0, 0.05) is 26.2 Å². The molecule has 1 fully saturated rings. The summed E-state index contributed by atoms with van der Waals surface area (Å²) in [5.74, 6) is 0.894. The number of anilines is 1. The highest BCUT2D eigenvalue weighted by atomic mass is 19.1. The van der Waals surface area contributed by atoms with Crippen LogP contribution in [-0.2, 0) is 4.79 Å². The second-order valence-electron chi connectivity index (χ2n) is 7.74. The Morgan fingerprint density at radius 3 is 2.58 bits per heavy atom. The van der Waals surface area contributed by atoms with Crippen molar-refractivity contribution in [3.63, 3.8) is 0 Å². The van der Waals surface area contributed by atoms with Crippen molar-refractivity contribution >= 4 is 22.9 Å². The summed E-state index contributed by atoms with van der Waals surface area (Å²) in [4.78, 5) is 25.4. The summed E-state index contributed by atoms with van der Waals surface area (Å²) in [6.07, 6.45) is 0.875. The van der Waals surface area contributed by atoms with Crippen LogP contribution >= 0.6 is 0 Å². The van der Waals surface area contributed by atoms with Gasteiger partial charge in [-0.05, 0) is 37.3 Å². The van der Waals surface area contributed by atoms with Gasteiger partial charge in [0.2, 0.25) is 0 Å². The number of fused-ring (bicyclic) bond motifs is 1. The number of benzene rings is 2. The molecule has 1 amide bonds. The van der Waals surface area contributed by atoms with Gasteiger partial charge in [-0.1, -0.05) is 29.5 Å². The molecule has 1 saturated heterocycles. The molecular weight excluding hydrogens is 425 g/mol. The lowest BCUT2D eigenvalue weighted by molar-refractivity contribution is -0.138. The van der Waals surface area contributed by atoms with E-state index >= 15 is 0 Å². The zero-order valence-corrected chi connectivity index (χ0v) is 18.0. The van der Waals surface area contributed by atoms with Gasteiger partial charge in [-0.3, -0.25) is 4.79 Å². The van der Waals surface area contributed by atoms with E-state index in [9.17, 15) is 9.18 Å². The van der Waals surface area contributed by atoms with Crippen molar-refractivity contribution in [2.45, 2.75) is 13.0 Å². The number of piperazine rings is 1. The Bertz CT molecular complexity index is 1270. The minimum absolute atomic E-state index is 0.0524. The van der Waals surface area contributed by atoms with Crippen LogP contribution in [-0.4, -0.2) is 68.1 Å². The highest BCUT2D eigenvalue weighted by Gasteiger charge is 2.28. The molecule has 0 unspecified atom stereocenters. The third-order valence-electron chi connectivity index (χ3n) is 5.57. The summed E-state index contributed by atoms with van der Waals surface area (Å²) in [6, 6.07) is 15.4. The summed E-state index contributed by atoms with van der Waals surface area (Å²) in [7, 11) is 0. The van der Waals surface area contributed by atoms with E-state index in [0.29, 0.717) is 54.6 Å². The Morgan fingerprint density at radius 1 is 1.03 bits per heavy atom. The second-order valence-corrected chi connectivity index (χ2v) is 7.74. The fourth-order valence-electron chi connectivity index (χ4n) is 3.90. The highest BCUT2D eigenvalue weighted by Crippen LogP contribution is 2.24. The lowest BCUT2D eigenvalue weighted by Crippen LogP contribution is -2.52. The van der Waals surface area contributed by atoms with Gasteiger partial charge in [0.15, 0.2) is 23.1 Å². The fraction of sp³-hybridized carbons (Fsp3) is 0.261. The van der Waals surface area contributed by atoms with E-state index in [1.807, 2.05) is 30.3 Å². The molecule has 1 aliphatic heterocycles. The summed E-state index contributed by atoms with van der Waals surface area (Å²) in [5.41, 5.74) is 1.56. The van der Waals surface area contributed by atoms with Crippen molar-refractivity contribution in [2.75, 3.05) is 31.1 Å². The Morgan fingerprint density at radius 2 is 1.82 bits per heavy atom. The quantitative estimate of drug-likeness (QED) is 0.464. The van der Waals surface area contributed by atoms with Gasteiger partial charge in [-0.15, -0.1) is 5.10 Å². The molecule has 0 spiro atoms. The van der Waals surface area contributed by atoms with Crippen molar-refractivity contribution in [3.8, 4) is 11.4 Å². The first-order chi connectivity index (χ1) is 16.1. The number of ether oxygens (including phenoxy) is 1. The highest BCUT2D eigenvalue weighted by molar-refractivity contribution is 5.84. The molecule has 0 aliphatic carbocycles. The number of nitrogens with zero attached hydrogens (tertiary/aromatic N) is 7. The molecule has 9 nitrogen and oxygen atoms in total. The number of rotatable bonds is 5. The Labute approximate surface area is 189 Å². The molecule has 1 atom stereocenters. The van der Waals surface area contributed by atoms with E-state index < -0.39 is 6.10 Å². The Kier molecular flexibility index (Phi) is 5.55. The molecule has 1 aliphatic rings. The van der Waals surface area contributed by atoms with Crippen LogP contribution in [0.3, 0.4) is 0 Å². The van der Waals surface area contributed by atoms with Crippen LogP contribution in [0, 0.1) is 5.82 Å². The SMILES string of the molecule is C[C@@H](Oc1ccccc1)C(=O)N1CCN(c2ncnc3c2nnn3-c2cccc(F)c2)CC1. The molecule has 2 aromatic carbocycles. The van der Waals surface area contributed by atoms with Gasteiger partial charge in [-0.25, -0.2) is 14.4 Å². The number of aromatic nitrogens is 5. The first-order valence-electron chi connectivity index (χ1n) is 10.7. The number of carbonyl (C=O) groups is 1. The van der Waals surface area contributed by atoms with E-state index in [2.05, 4.69) is 25.2 Å². The van der Waals surface area contributed by atoms with Gasteiger partial charge in [0.25, 0.3) is 5.91 Å². The molecule has 4 aromatic rings. The molecule has 2 aromatic heterocycles. The molecule has 3 heterocycles. The van der Waals surface area contributed by atoms with Gasteiger partial charge in [0.05, 0.1) is 5.69 Å². The molecule has 5 rings (SSSR count). The average molecular weight is 447 g/mol. The van der Waals surface area contributed by atoms with Gasteiger partial charge < -0.3 is 14.5 Å². The number of hydrogen-bond acceptors (Lipinski definition) is 7. The Balaban J connectivity index is 1.29. The fourth-order valence-corrected chi connectivity index (χ4v) is 3.90.